The van der Waals surface area contributed by atoms with Gasteiger partial charge in [0.25, 0.3) is 0 Å². The van der Waals surface area contributed by atoms with Gasteiger partial charge >= 0.3 is 0 Å². The second kappa shape index (κ2) is 9.53. The molecule has 2 rings (SSSR count). The van der Waals surface area contributed by atoms with Gasteiger partial charge in [0.1, 0.15) is 0 Å². The Labute approximate surface area is 148 Å². The Balaban J connectivity index is 0.00000242. The molecule has 0 aliphatic carbocycles. The average molecular weight is 364 g/mol. The number of rotatable bonds is 5. The summed E-state index contributed by atoms with van der Waals surface area (Å²) in [6.07, 6.45) is 3.90. The Morgan fingerprint density at radius 1 is 1.23 bits per heavy atom. The molecule has 0 unspecified atom stereocenters. The van der Waals surface area contributed by atoms with Crippen molar-refractivity contribution in [3.8, 4) is 0 Å². The molecule has 0 aromatic heterocycles. The number of hydrogen-bond acceptors (Lipinski definition) is 3. The van der Waals surface area contributed by atoms with Crippen LogP contribution in [0, 0.1) is 0 Å². The second-order valence-electron chi connectivity index (χ2n) is 5.36. The number of likely N-dealkylation sites (N-methyl/N-ethyl adjacent to an activating group) is 1. The van der Waals surface area contributed by atoms with Crippen molar-refractivity contribution >= 4 is 47.5 Å². The van der Waals surface area contributed by atoms with Gasteiger partial charge in [-0.15, -0.1) is 12.4 Å². The topological polar surface area (TPSA) is 23.6 Å². The number of ketones is 1. The van der Waals surface area contributed by atoms with E-state index in [-0.39, 0.29) is 18.2 Å². The van der Waals surface area contributed by atoms with Crippen molar-refractivity contribution in [2.24, 2.45) is 0 Å². The maximum Gasteiger partial charge on any atom is 0.156 e. The van der Waals surface area contributed by atoms with Crippen molar-refractivity contribution in [3.05, 3.63) is 39.9 Å². The lowest BCUT2D eigenvalue weighted by Gasteiger charge is -2.32. The van der Waals surface area contributed by atoms with Gasteiger partial charge in [0.15, 0.2) is 5.78 Å². The number of allylic oxidation sites excluding steroid dienone is 1. The van der Waals surface area contributed by atoms with Crippen LogP contribution in [-0.4, -0.2) is 55.4 Å². The lowest BCUT2D eigenvalue weighted by atomic mass is 10.1. The largest absolute Gasteiger partial charge is 0.304 e. The summed E-state index contributed by atoms with van der Waals surface area (Å²) in [4.78, 5) is 16.5. The van der Waals surface area contributed by atoms with Crippen molar-refractivity contribution in [2.45, 2.75) is 6.42 Å². The first-order valence-corrected chi connectivity index (χ1v) is 7.87. The molecule has 1 aliphatic heterocycles. The molecule has 0 saturated carbocycles. The summed E-state index contributed by atoms with van der Waals surface area (Å²) in [5.41, 5.74) is 0.814. The van der Waals surface area contributed by atoms with Crippen LogP contribution in [-0.2, 0) is 4.79 Å². The Bertz CT molecular complexity index is 526. The molecule has 1 heterocycles. The molecular weight excluding hydrogens is 343 g/mol. The third-order valence-corrected chi connectivity index (χ3v) is 4.24. The molecule has 1 saturated heterocycles. The fourth-order valence-corrected chi connectivity index (χ4v) is 2.71. The molecule has 122 valence electrons. The molecule has 1 aromatic carbocycles. The quantitative estimate of drug-likeness (QED) is 0.746. The predicted octanol–water partition coefficient (Wildman–Crippen LogP) is 3.64. The summed E-state index contributed by atoms with van der Waals surface area (Å²) in [7, 11) is 2.13. The molecule has 1 aromatic rings. The standard InChI is InChI=1S/C16H20Cl2N2O.ClH/c1-19-8-10-20(11-9-19)7-6-15(21)5-3-13-2-4-14(17)12-16(13)18;/h2-5,12H,6-11H2,1H3;1H. The van der Waals surface area contributed by atoms with E-state index < -0.39 is 0 Å². The Hall–Kier alpha value is -0.580. The van der Waals surface area contributed by atoms with Crippen molar-refractivity contribution in [2.75, 3.05) is 39.8 Å². The van der Waals surface area contributed by atoms with E-state index in [1.165, 1.54) is 0 Å². The van der Waals surface area contributed by atoms with Gasteiger partial charge < -0.3 is 9.80 Å². The summed E-state index contributed by atoms with van der Waals surface area (Å²) in [6.45, 7) is 5.05. The van der Waals surface area contributed by atoms with E-state index in [2.05, 4.69) is 16.8 Å². The van der Waals surface area contributed by atoms with Crippen molar-refractivity contribution in [1.29, 1.82) is 0 Å². The fourth-order valence-electron chi connectivity index (χ4n) is 2.24. The summed E-state index contributed by atoms with van der Waals surface area (Å²) >= 11 is 11.9. The normalized spacial score (nSPS) is 16.7. The lowest BCUT2D eigenvalue weighted by Crippen LogP contribution is -2.44. The highest BCUT2D eigenvalue weighted by Crippen LogP contribution is 2.22. The molecular formula is C16H21Cl3N2O. The molecule has 1 aliphatic rings. The zero-order chi connectivity index (χ0) is 15.2. The van der Waals surface area contributed by atoms with Crippen LogP contribution >= 0.6 is 35.6 Å². The highest BCUT2D eigenvalue weighted by Gasteiger charge is 2.13. The lowest BCUT2D eigenvalue weighted by molar-refractivity contribution is -0.114. The van der Waals surface area contributed by atoms with Crippen LogP contribution in [0.4, 0.5) is 0 Å². The van der Waals surface area contributed by atoms with Crippen LogP contribution in [0.1, 0.15) is 12.0 Å². The van der Waals surface area contributed by atoms with Crippen LogP contribution in [0.2, 0.25) is 10.0 Å². The van der Waals surface area contributed by atoms with Crippen molar-refractivity contribution in [1.82, 2.24) is 9.80 Å². The van der Waals surface area contributed by atoms with Crippen LogP contribution in [0.15, 0.2) is 24.3 Å². The third-order valence-electron chi connectivity index (χ3n) is 3.68. The number of halogens is 3. The zero-order valence-electron chi connectivity index (χ0n) is 12.6. The molecule has 0 atom stereocenters. The SMILES string of the molecule is CN1CCN(CCC(=O)C=Cc2ccc(Cl)cc2Cl)CC1.Cl. The van der Waals surface area contributed by atoms with Gasteiger partial charge in [0.2, 0.25) is 0 Å². The molecule has 22 heavy (non-hydrogen) atoms. The Kier molecular flexibility index (Phi) is 8.44. The molecule has 0 N–H and O–H groups in total. The number of carbonyl (C=O) groups excluding carboxylic acids is 1. The molecule has 1 fully saturated rings. The molecule has 0 bridgehead atoms. The highest BCUT2D eigenvalue weighted by molar-refractivity contribution is 6.35. The van der Waals surface area contributed by atoms with E-state index in [0.29, 0.717) is 16.5 Å². The first-order chi connectivity index (χ1) is 10.0. The minimum Gasteiger partial charge on any atom is -0.304 e. The highest BCUT2D eigenvalue weighted by atomic mass is 35.5. The maximum atomic E-state index is 11.9. The number of benzene rings is 1. The van der Waals surface area contributed by atoms with Crippen molar-refractivity contribution < 1.29 is 4.79 Å². The molecule has 0 radical (unpaired) electrons. The van der Waals surface area contributed by atoms with Gasteiger partial charge in [-0.05, 0) is 36.9 Å². The molecule has 0 amide bonds. The zero-order valence-corrected chi connectivity index (χ0v) is 14.9. The first kappa shape index (κ1) is 19.5. The van der Waals surface area contributed by atoms with Gasteiger partial charge in [0, 0.05) is 49.2 Å². The van der Waals surface area contributed by atoms with Crippen LogP contribution in [0.5, 0.6) is 0 Å². The summed E-state index contributed by atoms with van der Waals surface area (Å²) in [5.74, 6) is 0.125. The summed E-state index contributed by atoms with van der Waals surface area (Å²) in [6, 6.07) is 5.26. The molecule has 6 heteroatoms. The van der Waals surface area contributed by atoms with E-state index in [0.717, 1.165) is 38.3 Å². The fraction of sp³-hybridized carbons (Fsp3) is 0.438. The number of hydrogen-bond donors (Lipinski definition) is 0. The van der Waals surface area contributed by atoms with Crippen LogP contribution in [0.3, 0.4) is 0 Å². The Morgan fingerprint density at radius 3 is 2.55 bits per heavy atom. The molecule has 0 spiro atoms. The molecule has 3 nitrogen and oxygen atoms in total. The minimum absolute atomic E-state index is 0. The van der Waals surface area contributed by atoms with E-state index in [1.54, 1.807) is 24.3 Å². The van der Waals surface area contributed by atoms with Crippen molar-refractivity contribution in [3.63, 3.8) is 0 Å². The Morgan fingerprint density at radius 2 is 1.91 bits per heavy atom. The maximum absolute atomic E-state index is 11.9. The minimum atomic E-state index is 0. The van der Waals surface area contributed by atoms with E-state index in [1.807, 2.05) is 6.07 Å². The summed E-state index contributed by atoms with van der Waals surface area (Å²) in [5, 5.41) is 1.16. The smallest absolute Gasteiger partial charge is 0.156 e. The van der Waals surface area contributed by atoms with Gasteiger partial charge in [-0.1, -0.05) is 29.3 Å². The van der Waals surface area contributed by atoms with Crippen LogP contribution in [0.25, 0.3) is 6.08 Å². The average Bonchev–Trinajstić information content (AvgIpc) is 2.46. The third kappa shape index (κ3) is 6.27. The number of carbonyl (C=O) groups is 1. The number of nitrogens with zero attached hydrogens (tertiary/aromatic N) is 2. The van der Waals surface area contributed by atoms with E-state index in [4.69, 9.17) is 23.2 Å². The van der Waals surface area contributed by atoms with Crippen LogP contribution < -0.4 is 0 Å². The van der Waals surface area contributed by atoms with Gasteiger partial charge in [-0.3, -0.25) is 4.79 Å². The van der Waals surface area contributed by atoms with E-state index >= 15 is 0 Å². The second-order valence-corrected chi connectivity index (χ2v) is 6.20. The van der Waals surface area contributed by atoms with Gasteiger partial charge in [0.05, 0.1) is 0 Å². The number of piperazine rings is 1. The van der Waals surface area contributed by atoms with E-state index in [9.17, 15) is 4.79 Å². The first-order valence-electron chi connectivity index (χ1n) is 7.11. The van der Waals surface area contributed by atoms with Gasteiger partial charge in [-0.25, -0.2) is 0 Å². The van der Waals surface area contributed by atoms with Gasteiger partial charge in [-0.2, -0.15) is 0 Å². The predicted molar refractivity (Wildman–Crippen MR) is 96.3 cm³/mol. The monoisotopic (exact) mass is 362 g/mol. The summed E-state index contributed by atoms with van der Waals surface area (Å²) < 4.78 is 0.